The molecule has 0 amide bonds. The van der Waals surface area contributed by atoms with E-state index in [9.17, 15) is 8.78 Å². The molecule has 0 bridgehead atoms. The van der Waals surface area contributed by atoms with Gasteiger partial charge in [-0.15, -0.1) is 0 Å². The van der Waals surface area contributed by atoms with Crippen molar-refractivity contribution in [3.8, 4) is 12.1 Å². The zero-order valence-corrected chi connectivity index (χ0v) is 11.4. The van der Waals surface area contributed by atoms with Crippen molar-refractivity contribution in [3.63, 3.8) is 0 Å². The van der Waals surface area contributed by atoms with Crippen LogP contribution in [0.3, 0.4) is 0 Å². The van der Waals surface area contributed by atoms with Gasteiger partial charge in [0, 0.05) is 12.1 Å². The van der Waals surface area contributed by atoms with Gasteiger partial charge < -0.3 is 5.32 Å². The number of hydrogen-bond donors (Lipinski definition) is 1. The summed E-state index contributed by atoms with van der Waals surface area (Å²) in [7, 11) is 0. The third-order valence-electron chi connectivity index (χ3n) is 2.82. The Hall–Kier alpha value is -2.63. The van der Waals surface area contributed by atoms with Crippen LogP contribution in [-0.2, 0) is 6.54 Å². The highest BCUT2D eigenvalue weighted by Gasteiger charge is 2.12. The molecule has 3 nitrogen and oxygen atoms in total. The third-order valence-corrected chi connectivity index (χ3v) is 3.14. The lowest BCUT2D eigenvalue weighted by molar-refractivity contribution is 0.559. The fourth-order valence-corrected chi connectivity index (χ4v) is 2.00. The first-order valence-electron chi connectivity index (χ1n) is 5.86. The molecule has 0 aliphatic carbocycles. The summed E-state index contributed by atoms with van der Waals surface area (Å²) in [5.74, 6) is -1.60. The summed E-state index contributed by atoms with van der Waals surface area (Å²) in [4.78, 5) is 0. The van der Waals surface area contributed by atoms with Crippen LogP contribution >= 0.6 is 11.6 Å². The van der Waals surface area contributed by atoms with Gasteiger partial charge in [0.05, 0.1) is 34.0 Å². The summed E-state index contributed by atoms with van der Waals surface area (Å²) in [6, 6.07) is 10.1. The molecule has 0 atom stereocenters. The van der Waals surface area contributed by atoms with Crippen LogP contribution in [0.1, 0.15) is 16.7 Å². The van der Waals surface area contributed by atoms with E-state index in [4.69, 9.17) is 22.1 Å². The molecule has 0 aliphatic rings. The second-order valence-corrected chi connectivity index (χ2v) is 4.60. The van der Waals surface area contributed by atoms with Crippen LogP contribution in [0, 0.1) is 34.3 Å². The number of anilines is 1. The number of halogens is 3. The van der Waals surface area contributed by atoms with Crippen LogP contribution in [0.5, 0.6) is 0 Å². The molecule has 2 aromatic rings. The van der Waals surface area contributed by atoms with Gasteiger partial charge >= 0.3 is 0 Å². The maximum Gasteiger partial charge on any atom is 0.132 e. The minimum absolute atomic E-state index is 0.0786. The largest absolute Gasteiger partial charge is 0.380 e. The van der Waals surface area contributed by atoms with Crippen LogP contribution in [0.2, 0.25) is 5.02 Å². The number of hydrogen-bond acceptors (Lipinski definition) is 3. The lowest BCUT2D eigenvalue weighted by Crippen LogP contribution is -2.05. The van der Waals surface area contributed by atoms with E-state index in [0.717, 1.165) is 12.1 Å². The second-order valence-electron chi connectivity index (χ2n) is 4.19. The second kappa shape index (κ2) is 6.21. The van der Waals surface area contributed by atoms with E-state index in [1.54, 1.807) is 18.2 Å². The molecule has 0 saturated carbocycles. The van der Waals surface area contributed by atoms with Crippen LogP contribution in [0.25, 0.3) is 0 Å². The van der Waals surface area contributed by atoms with Crippen molar-refractivity contribution < 1.29 is 8.78 Å². The normalized spacial score (nSPS) is 9.76. The molecule has 0 heterocycles. The molecule has 0 fully saturated rings. The SMILES string of the molecule is N#Cc1cc(F)c(CNc2ccc(C#N)cc2Cl)c(F)c1. The Morgan fingerprint density at radius 3 is 2.14 bits per heavy atom. The van der Waals surface area contributed by atoms with Crippen molar-refractivity contribution in [1.29, 1.82) is 10.5 Å². The van der Waals surface area contributed by atoms with E-state index < -0.39 is 11.6 Å². The third kappa shape index (κ3) is 3.28. The Kier molecular flexibility index (Phi) is 4.37. The van der Waals surface area contributed by atoms with Gasteiger partial charge in [0.15, 0.2) is 0 Å². The molecule has 6 heteroatoms. The quantitative estimate of drug-likeness (QED) is 0.933. The zero-order valence-electron chi connectivity index (χ0n) is 10.6. The van der Waals surface area contributed by atoms with Gasteiger partial charge in [0.25, 0.3) is 0 Å². The monoisotopic (exact) mass is 303 g/mol. The first-order valence-corrected chi connectivity index (χ1v) is 6.24. The van der Waals surface area contributed by atoms with Gasteiger partial charge in [-0.2, -0.15) is 10.5 Å². The summed E-state index contributed by atoms with van der Waals surface area (Å²) < 4.78 is 27.4. The van der Waals surface area contributed by atoms with Gasteiger partial charge in [-0.3, -0.25) is 0 Å². The maximum atomic E-state index is 13.7. The van der Waals surface area contributed by atoms with Crippen LogP contribution < -0.4 is 5.32 Å². The molecule has 0 aliphatic heterocycles. The molecular weight excluding hydrogens is 296 g/mol. The van der Waals surface area contributed by atoms with Crippen molar-refractivity contribution in [3.05, 3.63) is 63.7 Å². The highest BCUT2D eigenvalue weighted by atomic mass is 35.5. The summed E-state index contributed by atoms with van der Waals surface area (Å²) in [6.45, 7) is -0.130. The molecule has 1 N–H and O–H groups in total. The van der Waals surface area contributed by atoms with Crippen LogP contribution in [-0.4, -0.2) is 0 Å². The first-order chi connectivity index (χ1) is 10.0. The van der Waals surface area contributed by atoms with Gasteiger partial charge in [0.1, 0.15) is 11.6 Å². The molecule has 0 aromatic heterocycles. The smallest absolute Gasteiger partial charge is 0.132 e. The molecule has 21 heavy (non-hydrogen) atoms. The van der Waals surface area contributed by atoms with Gasteiger partial charge in [0.2, 0.25) is 0 Å². The van der Waals surface area contributed by atoms with E-state index >= 15 is 0 Å². The van der Waals surface area contributed by atoms with E-state index in [2.05, 4.69) is 5.32 Å². The van der Waals surface area contributed by atoms with Gasteiger partial charge in [-0.25, -0.2) is 8.78 Å². The van der Waals surface area contributed by atoms with Gasteiger partial charge in [-0.05, 0) is 30.3 Å². The maximum absolute atomic E-state index is 13.7. The van der Waals surface area contributed by atoms with E-state index in [0.29, 0.717) is 11.3 Å². The Balaban J connectivity index is 2.21. The van der Waals surface area contributed by atoms with E-state index in [1.165, 1.54) is 6.07 Å². The number of nitriles is 2. The summed E-state index contributed by atoms with van der Waals surface area (Å²) >= 11 is 5.96. The average Bonchev–Trinajstić information content (AvgIpc) is 2.47. The predicted octanol–water partition coefficient (Wildman–Crippen LogP) is 3.97. The van der Waals surface area contributed by atoms with E-state index in [1.807, 2.05) is 6.07 Å². The molecular formula is C15H8ClF2N3. The van der Waals surface area contributed by atoms with Crippen molar-refractivity contribution in [1.82, 2.24) is 0 Å². The molecule has 0 unspecified atom stereocenters. The standard InChI is InChI=1S/C15H8ClF2N3/c16-12-3-9(6-19)1-2-15(12)21-8-11-13(17)4-10(7-20)5-14(11)18/h1-5,21H,8H2. The minimum atomic E-state index is -0.802. The lowest BCUT2D eigenvalue weighted by Gasteiger charge is -2.10. The fraction of sp³-hybridized carbons (Fsp3) is 0.0667. The minimum Gasteiger partial charge on any atom is -0.380 e. The number of nitrogens with zero attached hydrogens (tertiary/aromatic N) is 2. The lowest BCUT2D eigenvalue weighted by atomic mass is 10.1. The summed E-state index contributed by atoms with van der Waals surface area (Å²) in [5, 5.41) is 20.4. The predicted molar refractivity (Wildman–Crippen MR) is 74.6 cm³/mol. The summed E-state index contributed by atoms with van der Waals surface area (Å²) in [6.07, 6.45) is 0. The molecule has 0 radical (unpaired) electrons. The molecule has 104 valence electrons. The number of nitrogens with one attached hydrogen (secondary N) is 1. The Morgan fingerprint density at radius 2 is 1.62 bits per heavy atom. The molecule has 2 rings (SSSR count). The van der Waals surface area contributed by atoms with Crippen molar-refractivity contribution in [2.75, 3.05) is 5.32 Å². The first kappa shape index (κ1) is 14.8. The van der Waals surface area contributed by atoms with Crippen LogP contribution in [0.15, 0.2) is 30.3 Å². The van der Waals surface area contributed by atoms with Crippen molar-refractivity contribution in [2.45, 2.75) is 6.54 Å². The van der Waals surface area contributed by atoms with Crippen molar-refractivity contribution in [2.24, 2.45) is 0 Å². The average molecular weight is 304 g/mol. The molecule has 0 spiro atoms. The zero-order chi connectivity index (χ0) is 15.4. The highest BCUT2D eigenvalue weighted by molar-refractivity contribution is 6.33. The Labute approximate surface area is 125 Å². The fourth-order valence-electron chi connectivity index (χ4n) is 1.75. The molecule has 0 saturated heterocycles. The van der Waals surface area contributed by atoms with Gasteiger partial charge in [-0.1, -0.05) is 11.6 Å². The number of benzene rings is 2. The van der Waals surface area contributed by atoms with Crippen LogP contribution in [0.4, 0.5) is 14.5 Å². The topological polar surface area (TPSA) is 59.6 Å². The van der Waals surface area contributed by atoms with Crippen molar-refractivity contribution >= 4 is 17.3 Å². The Bertz CT molecular complexity index is 752. The number of rotatable bonds is 3. The summed E-state index contributed by atoms with van der Waals surface area (Å²) in [5.41, 5.74) is 0.583. The molecule has 2 aromatic carbocycles. The van der Waals surface area contributed by atoms with E-state index in [-0.39, 0.29) is 22.7 Å². The highest BCUT2D eigenvalue weighted by Crippen LogP contribution is 2.24. The Morgan fingerprint density at radius 1 is 1.00 bits per heavy atom.